The lowest BCUT2D eigenvalue weighted by Gasteiger charge is -2.30. The second-order valence-electron chi connectivity index (χ2n) is 14.4. The molecule has 5 unspecified atom stereocenters. The topological polar surface area (TPSA) is 173 Å². The van der Waals surface area contributed by atoms with Gasteiger partial charge in [0.05, 0.1) is 11.8 Å². The van der Waals surface area contributed by atoms with Crippen molar-refractivity contribution in [3.63, 3.8) is 0 Å². The van der Waals surface area contributed by atoms with Crippen molar-refractivity contribution in [2.75, 3.05) is 6.54 Å². The van der Waals surface area contributed by atoms with Crippen LogP contribution >= 0.6 is 0 Å². The van der Waals surface area contributed by atoms with Gasteiger partial charge in [0.2, 0.25) is 27.7 Å². The van der Waals surface area contributed by atoms with Gasteiger partial charge in [0, 0.05) is 23.9 Å². The maximum atomic E-state index is 14.3. The minimum absolute atomic E-state index is 0.0125. The number of pyridine rings is 1. The molecule has 2 aromatic rings. The molecule has 14 heteroatoms. The second kappa shape index (κ2) is 14.3. The van der Waals surface area contributed by atoms with Gasteiger partial charge < -0.3 is 25.0 Å². The minimum atomic E-state index is -3.98. The third-order valence-corrected chi connectivity index (χ3v) is 10.8. The van der Waals surface area contributed by atoms with Crippen LogP contribution < -0.4 is 20.1 Å². The minimum Gasteiger partial charge on any atom is -0.472 e. The van der Waals surface area contributed by atoms with Crippen LogP contribution in [-0.2, 0) is 29.1 Å². The molecule has 0 spiro atoms. The Kier molecular flexibility index (Phi) is 10.6. The van der Waals surface area contributed by atoms with E-state index in [1.165, 1.54) is 18.7 Å². The fourth-order valence-corrected chi connectivity index (χ4v) is 6.97. The van der Waals surface area contributed by atoms with Crippen LogP contribution in [0.25, 0.3) is 10.8 Å². The molecule has 4 amide bonds. The molecular formula is C35H47N5O8S. The van der Waals surface area contributed by atoms with Crippen LogP contribution in [0.4, 0.5) is 4.79 Å². The van der Waals surface area contributed by atoms with Crippen molar-refractivity contribution in [3.8, 4) is 5.88 Å². The van der Waals surface area contributed by atoms with E-state index >= 15 is 0 Å². The van der Waals surface area contributed by atoms with Gasteiger partial charge in [0.15, 0.2) is 0 Å². The van der Waals surface area contributed by atoms with E-state index in [9.17, 15) is 27.6 Å². The number of alkyl carbamates (subject to hydrolysis) is 1. The highest BCUT2D eigenvalue weighted by atomic mass is 32.2. The van der Waals surface area contributed by atoms with Crippen molar-refractivity contribution in [1.29, 1.82) is 0 Å². The zero-order chi connectivity index (χ0) is 35.6. The summed E-state index contributed by atoms with van der Waals surface area (Å²) < 4.78 is 39.3. The molecule has 266 valence electrons. The summed E-state index contributed by atoms with van der Waals surface area (Å²) >= 11 is 0. The average molecular weight is 698 g/mol. The number of rotatable bonds is 6. The van der Waals surface area contributed by atoms with Gasteiger partial charge in [-0.15, -0.1) is 0 Å². The molecule has 1 saturated heterocycles. The highest BCUT2D eigenvalue weighted by molar-refractivity contribution is 7.90. The fourth-order valence-electron chi connectivity index (χ4n) is 6.30. The number of aromatic nitrogens is 1. The van der Waals surface area contributed by atoms with Gasteiger partial charge in [0.25, 0.3) is 5.91 Å². The van der Waals surface area contributed by atoms with Crippen molar-refractivity contribution < 1.29 is 37.1 Å². The maximum Gasteiger partial charge on any atom is 0.408 e. The van der Waals surface area contributed by atoms with E-state index in [2.05, 4.69) is 20.3 Å². The third-order valence-electron chi connectivity index (χ3n) is 9.11. The molecular weight excluding hydrogens is 650 g/mol. The van der Waals surface area contributed by atoms with Crippen molar-refractivity contribution >= 4 is 44.6 Å². The Labute approximate surface area is 287 Å². The quantitative estimate of drug-likeness (QED) is 0.380. The van der Waals surface area contributed by atoms with Crippen LogP contribution in [0.5, 0.6) is 5.88 Å². The number of ether oxygens (including phenoxy) is 2. The van der Waals surface area contributed by atoms with Crippen molar-refractivity contribution in [2.45, 2.75) is 114 Å². The molecule has 49 heavy (non-hydrogen) atoms. The number of amides is 4. The van der Waals surface area contributed by atoms with Crippen molar-refractivity contribution in [3.05, 3.63) is 48.7 Å². The molecule has 1 saturated carbocycles. The van der Waals surface area contributed by atoms with Crippen LogP contribution in [0.2, 0.25) is 0 Å². The van der Waals surface area contributed by atoms with E-state index in [0.717, 1.165) is 23.6 Å². The molecule has 3 heterocycles. The normalized spacial score (nSPS) is 26.5. The summed E-state index contributed by atoms with van der Waals surface area (Å²) in [6.45, 7) is 8.12. The molecule has 1 aromatic carbocycles. The Hall–Kier alpha value is -4.20. The first-order valence-electron chi connectivity index (χ1n) is 16.9. The van der Waals surface area contributed by atoms with Gasteiger partial charge in [-0.1, -0.05) is 43.2 Å². The SMILES string of the molecule is CC(C)S(=O)(=O)NC(=O)C12CC1C=CCCCCCC(NC(=O)OC(C)(C)C)C(=O)N1CC(Oc3nccc4ccccc34)CC1C(=O)N2. The standard InChI is InChI=1S/C35H47N5O8S/c1-22(2)49(45,46)39-32(43)35-20-24(35)14-9-7-6-8-10-16-27(37-33(44)48-34(3,4)5)31(42)40-21-25(19-28(40)29(41)38-35)47-30-26-15-12-11-13-23(26)17-18-36-30/h9,11-15,17-18,22,24-25,27-28H,6-8,10,16,19-21H2,1-5H3,(H,37,44)(H,38,41)(H,39,43). The fraction of sp³-hybridized carbons (Fsp3) is 0.571. The molecule has 0 bridgehead atoms. The van der Waals surface area contributed by atoms with Gasteiger partial charge in [0.1, 0.15) is 29.3 Å². The number of hydrogen-bond donors (Lipinski definition) is 3. The van der Waals surface area contributed by atoms with E-state index in [4.69, 9.17) is 9.47 Å². The number of hydrogen-bond acceptors (Lipinski definition) is 9. The summed E-state index contributed by atoms with van der Waals surface area (Å²) in [5.41, 5.74) is -2.30. The second-order valence-corrected chi connectivity index (χ2v) is 16.6. The summed E-state index contributed by atoms with van der Waals surface area (Å²) in [6, 6.07) is 7.35. The van der Waals surface area contributed by atoms with Crippen molar-refractivity contribution in [2.24, 2.45) is 5.92 Å². The first kappa shape index (κ1) is 36.1. The number of fused-ring (bicyclic) bond motifs is 3. The predicted octanol–water partition coefficient (Wildman–Crippen LogP) is 3.73. The number of nitrogens with zero attached hydrogens (tertiary/aromatic N) is 2. The Morgan fingerprint density at radius 1 is 1.10 bits per heavy atom. The molecule has 3 aliphatic rings. The first-order valence-corrected chi connectivity index (χ1v) is 18.5. The van der Waals surface area contributed by atoms with Gasteiger partial charge in [-0.25, -0.2) is 18.2 Å². The highest BCUT2D eigenvalue weighted by Crippen LogP contribution is 2.46. The lowest BCUT2D eigenvalue weighted by Crippen LogP contribution is -2.58. The summed E-state index contributed by atoms with van der Waals surface area (Å²) in [5.74, 6) is -2.00. The number of benzene rings is 1. The number of sulfonamides is 1. The van der Waals surface area contributed by atoms with Gasteiger partial charge in [-0.2, -0.15) is 0 Å². The lowest BCUT2D eigenvalue weighted by molar-refractivity contribution is -0.141. The predicted molar refractivity (Wildman–Crippen MR) is 183 cm³/mol. The van der Waals surface area contributed by atoms with Crippen molar-refractivity contribution in [1.82, 2.24) is 25.2 Å². The third kappa shape index (κ3) is 8.52. The Morgan fingerprint density at radius 2 is 1.86 bits per heavy atom. The zero-order valence-electron chi connectivity index (χ0n) is 28.7. The monoisotopic (exact) mass is 697 g/mol. The molecule has 2 aliphatic heterocycles. The van der Waals surface area contributed by atoms with Gasteiger partial charge in [-0.3, -0.25) is 19.1 Å². The lowest BCUT2D eigenvalue weighted by atomic mass is 10.0. The van der Waals surface area contributed by atoms with Crippen LogP contribution in [0.3, 0.4) is 0 Å². The molecule has 0 radical (unpaired) electrons. The number of allylic oxidation sites excluding steroid dienone is 1. The van der Waals surface area contributed by atoms with E-state index < -0.39 is 74.3 Å². The van der Waals surface area contributed by atoms with E-state index in [1.54, 1.807) is 27.0 Å². The van der Waals surface area contributed by atoms with E-state index in [0.29, 0.717) is 25.1 Å². The molecule has 5 rings (SSSR count). The summed E-state index contributed by atoms with van der Waals surface area (Å²) in [6.07, 6.45) is 7.51. The Balaban J connectivity index is 1.47. The zero-order valence-corrected chi connectivity index (χ0v) is 29.5. The van der Waals surface area contributed by atoms with Crippen LogP contribution in [0, 0.1) is 5.92 Å². The molecule has 13 nitrogen and oxygen atoms in total. The van der Waals surface area contributed by atoms with E-state index in [-0.39, 0.29) is 19.4 Å². The highest BCUT2D eigenvalue weighted by Gasteiger charge is 2.61. The summed E-state index contributed by atoms with van der Waals surface area (Å²) in [4.78, 5) is 60.8. The maximum absolute atomic E-state index is 14.3. The molecule has 1 aromatic heterocycles. The molecule has 2 fully saturated rings. The van der Waals surface area contributed by atoms with E-state index in [1.807, 2.05) is 42.5 Å². The Morgan fingerprint density at radius 3 is 2.59 bits per heavy atom. The Bertz CT molecular complexity index is 1720. The smallest absolute Gasteiger partial charge is 0.408 e. The van der Waals surface area contributed by atoms with Crippen LogP contribution in [0.1, 0.15) is 79.6 Å². The summed E-state index contributed by atoms with van der Waals surface area (Å²) in [5, 5.41) is 6.39. The average Bonchev–Trinajstić information content (AvgIpc) is 3.55. The number of carbonyl (C=O) groups is 4. The summed E-state index contributed by atoms with van der Waals surface area (Å²) in [7, 11) is -3.98. The molecule has 3 N–H and O–H groups in total. The van der Waals surface area contributed by atoms with Gasteiger partial charge in [-0.05, 0) is 77.8 Å². The van der Waals surface area contributed by atoms with Crippen LogP contribution in [0.15, 0.2) is 48.7 Å². The molecule has 1 aliphatic carbocycles. The van der Waals surface area contributed by atoms with Gasteiger partial charge >= 0.3 is 6.09 Å². The number of carbonyl (C=O) groups excluding carboxylic acids is 4. The van der Waals surface area contributed by atoms with Crippen LogP contribution in [-0.4, -0.2) is 83.2 Å². The largest absolute Gasteiger partial charge is 0.472 e. The number of nitrogens with one attached hydrogen (secondary N) is 3. The molecule has 5 atom stereocenters. The first-order chi connectivity index (χ1) is 23.1.